The SMILES string of the molecule is CCC[C@@H]1CN(C(=O)c2cn[nH]n2)C[C@H]1NS(C)(=O)=O. The van der Waals surface area contributed by atoms with E-state index in [4.69, 9.17) is 0 Å². The average molecular weight is 301 g/mol. The van der Waals surface area contributed by atoms with Crippen LogP contribution in [0.3, 0.4) is 0 Å². The minimum Gasteiger partial charge on any atom is -0.335 e. The largest absolute Gasteiger partial charge is 0.335 e. The van der Waals surface area contributed by atoms with Crippen LogP contribution in [-0.4, -0.2) is 60.0 Å². The molecule has 2 atom stereocenters. The van der Waals surface area contributed by atoms with Crippen LogP contribution in [0.2, 0.25) is 0 Å². The number of H-pyrrole nitrogens is 1. The topological polar surface area (TPSA) is 108 Å². The highest BCUT2D eigenvalue weighted by Gasteiger charge is 2.36. The van der Waals surface area contributed by atoms with Crippen LogP contribution in [0.5, 0.6) is 0 Å². The zero-order chi connectivity index (χ0) is 14.8. The molecule has 2 N–H and O–H groups in total. The smallest absolute Gasteiger partial charge is 0.276 e. The predicted octanol–water partition coefficient (Wildman–Crippen LogP) is -0.405. The van der Waals surface area contributed by atoms with Crippen LogP contribution in [0, 0.1) is 5.92 Å². The summed E-state index contributed by atoms with van der Waals surface area (Å²) in [5.74, 6) is -0.0942. The molecule has 0 radical (unpaired) electrons. The molecule has 1 aromatic heterocycles. The maximum atomic E-state index is 12.2. The first-order valence-corrected chi connectivity index (χ1v) is 8.42. The molecular formula is C11H19N5O3S. The van der Waals surface area contributed by atoms with Gasteiger partial charge in [0.05, 0.1) is 12.5 Å². The Kier molecular flexibility index (Phi) is 4.39. The number of carbonyl (C=O) groups is 1. The van der Waals surface area contributed by atoms with Crippen molar-refractivity contribution in [3.05, 3.63) is 11.9 Å². The summed E-state index contributed by atoms with van der Waals surface area (Å²) >= 11 is 0. The minimum absolute atomic E-state index is 0.130. The van der Waals surface area contributed by atoms with Crippen molar-refractivity contribution in [1.82, 2.24) is 25.0 Å². The van der Waals surface area contributed by atoms with E-state index in [1.54, 1.807) is 4.90 Å². The summed E-state index contributed by atoms with van der Waals surface area (Å²) in [7, 11) is -3.28. The number of likely N-dealkylation sites (tertiary alicyclic amines) is 1. The number of rotatable bonds is 5. The van der Waals surface area contributed by atoms with Crippen molar-refractivity contribution in [2.45, 2.75) is 25.8 Å². The van der Waals surface area contributed by atoms with E-state index in [2.05, 4.69) is 20.1 Å². The van der Waals surface area contributed by atoms with E-state index in [9.17, 15) is 13.2 Å². The van der Waals surface area contributed by atoms with Crippen molar-refractivity contribution in [2.75, 3.05) is 19.3 Å². The van der Waals surface area contributed by atoms with Crippen LogP contribution in [0.4, 0.5) is 0 Å². The Hall–Kier alpha value is -1.48. The lowest BCUT2D eigenvalue weighted by molar-refractivity contribution is 0.0779. The van der Waals surface area contributed by atoms with Crippen LogP contribution in [-0.2, 0) is 10.0 Å². The van der Waals surface area contributed by atoms with Gasteiger partial charge in [0, 0.05) is 19.1 Å². The molecule has 1 fully saturated rings. The van der Waals surface area contributed by atoms with Crippen LogP contribution < -0.4 is 4.72 Å². The fourth-order valence-corrected chi connectivity index (χ4v) is 3.39. The van der Waals surface area contributed by atoms with Crippen LogP contribution in [0.25, 0.3) is 0 Å². The molecule has 0 aliphatic carbocycles. The molecule has 9 heteroatoms. The summed E-state index contributed by atoms with van der Waals surface area (Å²) < 4.78 is 25.4. The van der Waals surface area contributed by atoms with Gasteiger partial charge in [0.15, 0.2) is 5.69 Å². The monoisotopic (exact) mass is 301 g/mol. The maximum Gasteiger partial charge on any atom is 0.276 e. The van der Waals surface area contributed by atoms with Gasteiger partial charge in [0.2, 0.25) is 10.0 Å². The first-order chi connectivity index (χ1) is 9.40. The molecule has 20 heavy (non-hydrogen) atoms. The molecule has 1 aromatic rings. The number of sulfonamides is 1. The summed E-state index contributed by atoms with van der Waals surface area (Å²) in [6.45, 7) is 2.94. The molecule has 1 amide bonds. The number of amides is 1. The zero-order valence-electron chi connectivity index (χ0n) is 11.5. The second kappa shape index (κ2) is 5.88. The Labute approximate surface area is 118 Å². The molecule has 1 aliphatic heterocycles. The van der Waals surface area contributed by atoms with Crippen molar-refractivity contribution in [3.63, 3.8) is 0 Å². The second-order valence-electron chi connectivity index (χ2n) is 5.11. The van der Waals surface area contributed by atoms with Gasteiger partial charge >= 0.3 is 0 Å². The second-order valence-corrected chi connectivity index (χ2v) is 6.89. The van der Waals surface area contributed by atoms with Gasteiger partial charge in [-0.25, -0.2) is 13.1 Å². The van der Waals surface area contributed by atoms with Crippen molar-refractivity contribution >= 4 is 15.9 Å². The van der Waals surface area contributed by atoms with Crippen molar-refractivity contribution in [1.29, 1.82) is 0 Å². The van der Waals surface area contributed by atoms with E-state index in [1.807, 2.05) is 6.92 Å². The van der Waals surface area contributed by atoms with Gasteiger partial charge in [-0.2, -0.15) is 15.4 Å². The number of carbonyl (C=O) groups excluding carboxylic acids is 1. The molecule has 0 saturated carbocycles. The third-order valence-corrected chi connectivity index (χ3v) is 4.12. The molecule has 0 bridgehead atoms. The van der Waals surface area contributed by atoms with Gasteiger partial charge in [-0.1, -0.05) is 13.3 Å². The molecule has 1 saturated heterocycles. The van der Waals surface area contributed by atoms with Gasteiger partial charge in [-0.05, 0) is 12.3 Å². The molecule has 2 rings (SSSR count). The Morgan fingerprint density at radius 1 is 1.55 bits per heavy atom. The highest BCUT2D eigenvalue weighted by molar-refractivity contribution is 7.88. The summed E-state index contributed by atoms with van der Waals surface area (Å²) in [6.07, 6.45) is 4.32. The summed E-state index contributed by atoms with van der Waals surface area (Å²) in [4.78, 5) is 13.8. The van der Waals surface area contributed by atoms with Gasteiger partial charge < -0.3 is 4.90 Å². The van der Waals surface area contributed by atoms with E-state index in [1.165, 1.54) is 6.20 Å². The number of hydrogen-bond donors (Lipinski definition) is 2. The number of nitrogens with one attached hydrogen (secondary N) is 2. The quantitative estimate of drug-likeness (QED) is 0.769. The highest BCUT2D eigenvalue weighted by Crippen LogP contribution is 2.23. The van der Waals surface area contributed by atoms with E-state index >= 15 is 0 Å². The molecule has 112 valence electrons. The summed E-state index contributed by atoms with van der Waals surface area (Å²) in [6, 6.07) is -0.235. The minimum atomic E-state index is -3.28. The first kappa shape index (κ1) is 14.9. The molecule has 2 heterocycles. The molecule has 8 nitrogen and oxygen atoms in total. The predicted molar refractivity (Wildman–Crippen MR) is 72.5 cm³/mol. The van der Waals surface area contributed by atoms with E-state index in [0.717, 1.165) is 19.1 Å². The summed E-state index contributed by atoms with van der Waals surface area (Å²) in [5, 5.41) is 9.78. The van der Waals surface area contributed by atoms with Gasteiger partial charge in [0.1, 0.15) is 0 Å². The van der Waals surface area contributed by atoms with Crippen LogP contribution in [0.15, 0.2) is 6.20 Å². The average Bonchev–Trinajstić information content (AvgIpc) is 2.97. The molecule has 0 spiro atoms. The van der Waals surface area contributed by atoms with Crippen molar-refractivity contribution in [3.8, 4) is 0 Å². The Morgan fingerprint density at radius 3 is 2.85 bits per heavy atom. The number of nitrogens with zero attached hydrogens (tertiary/aromatic N) is 3. The Bertz CT molecular complexity index is 557. The van der Waals surface area contributed by atoms with Crippen molar-refractivity contribution < 1.29 is 13.2 Å². The van der Waals surface area contributed by atoms with E-state index < -0.39 is 10.0 Å². The van der Waals surface area contributed by atoms with Gasteiger partial charge in [-0.15, -0.1) is 0 Å². The number of aromatic nitrogens is 3. The third-order valence-electron chi connectivity index (χ3n) is 3.39. The standard InChI is InChI=1S/C11H19N5O3S/c1-3-4-8-6-16(7-10(8)14-20(2,18)19)11(17)9-5-12-15-13-9/h5,8,10,14H,3-4,6-7H2,1-2H3,(H,12,13,15)/t8-,10-/m1/s1. The van der Waals surface area contributed by atoms with Gasteiger partial charge in [0.25, 0.3) is 5.91 Å². The van der Waals surface area contributed by atoms with E-state index in [-0.39, 0.29) is 23.6 Å². The Morgan fingerprint density at radius 2 is 2.30 bits per heavy atom. The Balaban J connectivity index is 2.09. The lowest BCUT2D eigenvalue weighted by Crippen LogP contribution is -2.40. The third kappa shape index (κ3) is 3.54. The fourth-order valence-electron chi connectivity index (χ4n) is 2.58. The molecule has 1 aliphatic rings. The molecule has 0 aromatic carbocycles. The maximum absolute atomic E-state index is 12.2. The van der Waals surface area contributed by atoms with Crippen LogP contribution in [0.1, 0.15) is 30.3 Å². The van der Waals surface area contributed by atoms with Crippen LogP contribution >= 0.6 is 0 Å². The number of hydrogen-bond acceptors (Lipinski definition) is 5. The zero-order valence-corrected chi connectivity index (χ0v) is 12.4. The normalized spacial score (nSPS) is 23.2. The highest BCUT2D eigenvalue weighted by atomic mass is 32.2. The van der Waals surface area contributed by atoms with E-state index in [0.29, 0.717) is 13.1 Å². The van der Waals surface area contributed by atoms with Gasteiger partial charge in [-0.3, -0.25) is 4.79 Å². The molecular weight excluding hydrogens is 282 g/mol. The molecule has 0 unspecified atom stereocenters. The fraction of sp³-hybridized carbons (Fsp3) is 0.727. The lowest BCUT2D eigenvalue weighted by atomic mass is 9.99. The summed E-state index contributed by atoms with van der Waals surface area (Å²) in [5.41, 5.74) is 0.250. The van der Waals surface area contributed by atoms with Crippen molar-refractivity contribution in [2.24, 2.45) is 5.92 Å². The first-order valence-electron chi connectivity index (χ1n) is 6.53. The number of aromatic amines is 1. The lowest BCUT2D eigenvalue weighted by Gasteiger charge is -2.17.